The third kappa shape index (κ3) is 4.49. The number of rotatable bonds is 4. The fourth-order valence-corrected chi connectivity index (χ4v) is 2.04. The molecule has 0 aliphatic heterocycles. The fourth-order valence-electron chi connectivity index (χ4n) is 2.04. The summed E-state index contributed by atoms with van der Waals surface area (Å²) in [5, 5.41) is 18.8. The number of phenolic OH excluding ortho intramolecular Hbond substituents is 2. The van der Waals surface area contributed by atoms with E-state index >= 15 is 0 Å². The van der Waals surface area contributed by atoms with E-state index in [0.29, 0.717) is 17.4 Å². The lowest BCUT2D eigenvalue weighted by Crippen LogP contribution is -1.91. The molecule has 0 amide bonds. The number of aryl methyl sites for hydroxylation is 2. The van der Waals surface area contributed by atoms with Gasteiger partial charge in [-0.05, 0) is 49.2 Å². The van der Waals surface area contributed by atoms with Crippen LogP contribution in [0.15, 0.2) is 24.3 Å². The lowest BCUT2D eigenvalue weighted by Gasteiger charge is -2.08. The smallest absolute Gasteiger partial charge is 0.200 e. The van der Waals surface area contributed by atoms with Crippen LogP contribution >= 0.6 is 0 Å². The van der Waals surface area contributed by atoms with Crippen LogP contribution in [0.4, 0.5) is 0 Å². The predicted molar refractivity (Wildman–Crippen MR) is 89.6 cm³/mol. The number of hydrogen-bond donors (Lipinski definition) is 2. The molecule has 2 aromatic rings. The minimum absolute atomic E-state index is 0.101. The number of phenols is 2. The van der Waals surface area contributed by atoms with Crippen molar-refractivity contribution in [2.75, 3.05) is 14.2 Å². The molecule has 0 aliphatic carbocycles. The van der Waals surface area contributed by atoms with E-state index in [1.165, 1.54) is 26.4 Å². The van der Waals surface area contributed by atoms with E-state index in [0.717, 1.165) is 17.4 Å². The first-order valence-corrected chi connectivity index (χ1v) is 7.03. The molecule has 0 aromatic heterocycles. The van der Waals surface area contributed by atoms with E-state index in [9.17, 15) is 19.8 Å². The summed E-state index contributed by atoms with van der Waals surface area (Å²) in [6, 6.07) is 6.19. The average molecular weight is 332 g/mol. The van der Waals surface area contributed by atoms with Crippen molar-refractivity contribution in [3.8, 4) is 23.0 Å². The lowest BCUT2D eigenvalue weighted by molar-refractivity contribution is 0.111. The molecule has 0 fully saturated rings. The molecular weight excluding hydrogens is 312 g/mol. The van der Waals surface area contributed by atoms with Crippen molar-refractivity contribution in [1.29, 1.82) is 0 Å². The van der Waals surface area contributed by atoms with Gasteiger partial charge in [0, 0.05) is 11.1 Å². The van der Waals surface area contributed by atoms with Gasteiger partial charge in [-0.2, -0.15) is 0 Å². The van der Waals surface area contributed by atoms with Gasteiger partial charge in [-0.3, -0.25) is 9.59 Å². The van der Waals surface area contributed by atoms with E-state index in [-0.39, 0.29) is 23.0 Å². The third-order valence-corrected chi connectivity index (χ3v) is 3.29. The monoisotopic (exact) mass is 332 g/mol. The van der Waals surface area contributed by atoms with Gasteiger partial charge in [-0.1, -0.05) is 0 Å². The van der Waals surface area contributed by atoms with Crippen LogP contribution < -0.4 is 9.47 Å². The highest BCUT2D eigenvalue weighted by molar-refractivity contribution is 5.78. The number of carbonyl (C=O) groups excluding carboxylic acids is 2. The molecule has 0 unspecified atom stereocenters. The van der Waals surface area contributed by atoms with E-state index in [4.69, 9.17) is 9.47 Å². The van der Waals surface area contributed by atoms with Crippen molar-refractivity contribution in [2.45, 2.75) is 13.8 Å². The zero-order valence-electron chi connectivity index (χ0n) is 14.0. The summed E-state index contributed by atoms with van der Waals surface area (Å²) < 4.78 is 9.68. The second-order valence-corrected chi connectivity index (χ2v) is 5.01. The fraction of sp³-hybridized carbons (Fsp3) is 0.222. The summed E-state index contributed by atoms with van der Waals surface area (Å²) in [5.74, 6) is 0.620. The summed E-state index contributed by atoms with van der Waals surface area (Å²) in [6.07, 6.45) is 1.43. The van der Waals surface area contributed by atoms with Crippen molar-refractivity contribution < 1.29 is 29.3 Å². The Balaban J connectivity index is 0.000000243. The molecule has 2 aromatic carbocycles. The van der Waals surface area contributed by atoms with Crippen molar-refractivity contribution >= 4 is 12.6 Å². The molecule has 0 aliphatic rings. The standard InChI is InChI=1S/C9H10O4.C9H10O2/c1-12-7-3-6(5-10)4-8(13-2)9(7)11;1-6-3-8(5-10)4-7(2)9(6)11/h3-5,11H,1-2H3;3-5,11H,1-2H3. The topological polar surface area (TPSA) is 93.1 Å². The van der Waals surface area contributed by atoms with Crippen molar-refractivity contribution in [3.63, 3.8) is 0 Å². The van der Waals surface area contributed by atoms with Gasteiger partial charge in [0.05, 0.1) is 14.2 Å². The third-order valence-electron chi connectivity index (χ3n) is 3.29. The van der Waals surface area contributed by atoms with E-state index in [1.807, 2.05) is 0 Å². The summed E-state index contributed by atoms with van der Waals surface area (Å²) in [7, 11) is 2.81. The van der Waals surface area contributed by atoms with E-state index in [2.05, 4.69) is 0 Å². The Morgan fingerprint density at radius 3 is 1.46 bits per heavy atom. The summed E-state index contributed by atoms with van der Waals surface area (Å²) in [4.78, 5) is 20.8. The molecule has 0 saturated carbocycles. The molecule has 0 radical (unpaired) electrons. The molecule has 0 spiro atoms. The van der Waals surface area contributed by atoms with Crippen LogP contribution in [0.25, 0.3) is 0 Å². The van der Waals surface area contributed by atoms with Crippen LogP contribution in [0.3, 0.4) is 0 Å². The second-order valence-electron chi connectivity index (χ2n) is 5.01. The minimum atomic E-state index is -0.101. The van der Waals surface area contributed by atoms with Crippen LogP contribution in [0.5, 0.6) is 23.0 Å². The summed E-state index contributed by atoms with van der Waals surface area (Å²) >= 11 is 0. The lowest BCUT2D eigenvalue weighted by atomic mass is 10.1. The number of hydrogen-bond acceptors (Lipinski definition) is 6. The highest BCUT2D eigenvalue weighted by Gasteiger charge is 2.10. The van der Waals surface area contributed by atoms with E-state index < -0.39 is 0 Å². The van der Waals surface area contributed by atoms with Gasteiger partial charge in [-0.25, -0.2) is 0 Å². The molecule has 2 rings (SSSR count). The zero-order valence-corrected chi connectivity index (χ0v) is 14.0. The first kappa shape index (κ1) is 19.0. The summed E-state index contributed by atoms with van der Waals surface area (Å²) in [5.41, 5.74) is 2.49. The van der Waals surface area contributed by atoms with Crippen LogP contribution in [-0.2, 0) is 0 Å². The van der Waals surface area contributed by atoms with Crippen LogP contribution in [0.2, 0.25) is 0 Å². The van der Waals surface area contributed by atoms with Gasteiger partial charge in [0.15, 0.2) is 11.5 Å². The van der Waals surface area contributed by atoms with Crippen molar-refractivity contribution in [1.82, 2.24) is 0 Å². The molecule has 0 atom stereocenters. The average Bonchev–Trinajstić information content (AvgIpc) is 2.59. The zero-order chi connectivity index (χ0) is 18.3. The summed E-state index contributed by atoms with van der Waals surface area (Å²) in [6.45, 7) is 3.55. The Bertz CT molecular complexity index is 688. The number of benzene rings is 2. The van der Waals surface area contributed by atoms with Crippen molar-refractivity contribution in [3.05, 3.63) is 46.5 Å². The maximum absolute atomic E-state index is 10.5. The minimum Gasteiger partial charge on any atom is -0.507 e. The molecule has 6 heteroatoms. The maximum Gasteiger partial charge on any atom is 0.200 e. The molecule has 2 N–H and O–H groups in total. The molecule has 128 valence electrons. The SMILES string of the molecule is COc1cc(C=O)cc(OC)c1O.Cc1cc(C=O)cc(C)c1O. The molecule has 0 bridgehead atoms. The molecular formula is C18H20O6. The molecule has 0 heterocycles. The maximum atomic E-state index is 10.5. The van der Waals surface area contributed by atoms with Crippen LogP contribution in [0, 0.1) is 13.8 Å². The van der Waals surface area contributed by atoms with Crippen LogP contribution in [-0.4, -0.2) is 37.0 Å². The molecule has 0 saturated heterocycles. The van der Waals surface area contributed by atoms with E-state index in [1.54, 1.807) is 26.0 Å². The Morgan fingerprint density at radius 1 is 0.750 bits per heavy atom. The number of methoxy groups -OCH3 is 2. The van der Waals surface area contributed by atoms with Gasteiger partial charge in [0.25, 0.3) is 0 Å². The molecule has 6 nitrogen and oxygen atoms in total. The Hall–Kier alpha value is -3.02. The number of aromatic hydroxyl groups is 2. The van der Waals surface area contributed by atoms with Gasteiger partial charge in [0.1, 0.15) is 18.3 Å². The number of carbonyl (C=O) groups is 2. The Labute approximate surface area is 140 Å². The number of ether oxygens (including phenoxy) is 2. The van der Waals surface area contributed by atoms with Gasteiger partial charge in [-0.15, -0.1) is 0 Å². The Morgan fingerprint density at radius 2 is 1.12 bits per heavy atom. The Kier molecular flexibility index (Phi) is 6.79. The largest absolute Gasteiger partial charge is 0.507 e. The first-order valence-electron chi connectivity index (χ1n) is 7.03. The first-order chi connectivity index (χ1) is 11.4. The highest BCUT2D eigenvalue weighted by Crippen LogP contribution is 2.36. The quantitative estimate of drug-likeness (QED) is 0.836. The van der Waals surface area contributed by atoms with Crippen molar-refractivity contribution in [2.24, 2.45) is 0 Å². The highest BCUT2D eigenvalue weighted by atomic mass is 16.5. The normalized spacial score (nSPS) is 9.50. The van der Waals surface area contributed by atoms with Gasteiger partial charge < -0.3 is 19.7 Å². The van der Waals surface area contributed by atoms with Gasteiger partial charge in [0.2, 0.25) is 5.75 Å². The van der Waals surface area contributed by atoms with Crippen LogP contribution in [0.1, 0.15) is 31.8 Å². The predicted octanol–water partition coefficient (Wildman–Crippen LogP) is 3.04. The number of aldehydes is 2. The van der Waals surface area contributed by atoms with Gasteiger partial charge >= 0.3 is 0 Å². The second kappa shape index (κ2) is 8.57. The molecule has 24 heavy (non-hydrogen) atoms.